The van der Waals surface area contributed by atoms with Crippen LogP contribution >= 0.6 is 0 Å². The Bertz CT molecular complexity index is 370. The minimum Gasteiger partial charge on any atom is -0.468 e. The number of benzene rings is 1. The number of esters is 1. The molecule has 0 amide bonds. The summed E-state index contributed by atoms with van der Waals surface area (Å²) in [5.41, 5.74) is 1.03. The number of methoxy groups -OCH3 is 1. The molecule has 1 atom stereocenters. The van der Waals surface area contributed by atoms with E-state index in [1.54, 1.807) is 0 Å². The number of nitrogens with one attached hydrogen (secondary N) is 1. The van der Waals surface area contributed by atoms with E-state index in [1.807, 2.05) is 36.4 Å². The van der Waals surface area contributed by atoms with Crippen molar-refractivity contribution >= 4 is 5.97 Å². The van der Waals surface area contributed by atoms with E-state index in [0.717, 1.165) is 5.56 Å². The van der Waals surface area contributed by atoms with Crippen LogP contribution in [0.25, 0.3) is 0 Å². The maximum Gasteiger partial charge on any atom is 0.323 e. The highest BCUT2D eigenvalue weighted by molar-refractivity contribution is 5.76. The molecule has 1 rings (SSSR count). The van der Waals surface area contributed by atoms with Crippen LogP contribution in [-0.4, -0.2) is 25.7 Å². The Kier molecular flexibility index (Phi) is 5.03. The van der Waals surface area contributed by atoms with Gasteiger partial charge in [-0.05, 0) is 12.0 Å². The van der Waals surface area contributed by atoms with E-state index in [1.165, 1.54) is 7.11 Å². The molecule has 1 N–H and O–H groups in total. The molecular weight excluding hydrogens is 204 g/mol. The Labute approximate surface area is 94.8 Å². The Hall–Kier alpha value is -1.86. The minimum atomic E-state index is -0.466. The molecule has 0 aromatic heterocycles. The van der Waals surface area contributed by atoms with Crippen LogP contribution in [0.1, 0.15) is 5.56 Å². The number of carbonyl (C=O) groups excluding carboxylic acids is 1. The van der Waals surface area contributed by atoms with E-state index >= 15 is 0 Å². The molecule has 0 bridgehead atoms. The number of hydrogen-bond donors (Lipinski definition) is 1. The first-order valence-electron chi connectivity index (χ1n) is 5.00. The van der Waals surface area contributed by atoms with Crippen molar-refractivity contribution in [2.45, 2.75) is 12.5 Å². The lowest BCUT2D eigenvalue weighted by Crippen LogP contribution is -2.39. The minimum absolute atomic E-state index is 0.132. The van der Waals surface area contributed by atoms with Gasteiger partial charge < -0.3 is 4.74 Å². The Morgan fingerprint density at radius 3 is 2.75 bits per heavy atom. The van der Waals surface area contributed by atoms with Crippen molar-refractivity contribution in [3.8, 4) is 6.07 Å². The summed E-state index contributed by atoms with van der Waals surface area (Å²) in [7, 11) is 1.34. The number of ether oxygens (including phenoxy) is 1. The first-order valence-corrected chi connectivity index (χ1v) is 5.00. The average molecular weight is 218 g/mol. The first-order chi connectivity index (χ1) is 7.77. The smallest absolute Gasteiger partial charge is 0.323 e. The van der Waals surface area contributed by atoms with Gasteiger partial charge in [0.15, 0.2) is 0 Å². The largest absolute Gasteiger partial charge is 0.468 e. The zero-order chi connectivity index (χ0) is 11.8. The van der Waals surface area contributed by atoms with Gasteiger partial charge >= 0.3 is 5.97 Å². The van der Waals surface area contributed by atoms with Crippen molar-refractivity contribution in [1.82, 2.24) is 5.32 Å². The van der Waals surface area contributed by atoms with Crippen LogP contribution in [0.5, 0.6) is 0 Å². The van der Waals surface area contributed by atoms with Gasteiger partial charge in [-0.15, -0.1) is 0 Å². The van der Waals surface area contributed by atoms with E-state index in [0.29, 0.717) is 6.42 Å². The molecule has 16 heavy (non-hydrogen) atoms. The van der Waals surface area contributed by atoms with Gasteiger partial charge in [0.2, 0.25) is 0 Å². The molecule has 0 heterocycles. The molecule has 0 saturated heterocycles. The number of rotatable bonds is 5. The molecule has 84 valence electrons. The van der Waals surface area contributed by atoms with E-state index in [2.05, 4.69) is 10.1 Å². The monoisotopic (exact) mass is 218 g/mol. The third-order valence-corrected chi connectivity index (χ3v) is 2.20. The van der Waals surface area contributed by atoms with Crippen LogP contribution < -0.4 is 5.32 Å². The summed E-state index contributed by atoms with van der Waals surface area (Å²) in [6.07, 6.45) is 0.523. The molecule has 0 spiro atoms. The van der Waals surface area contributed by atoms with Gasteiger partial charge in [0.25, 0.3) is 0 Å². The molecular formula is C12H14N2O2. The van der Waals surface area contributed by atoms with Crippen molar-refractivity contribution in [3.05, 3.63) is 35.9 Å². The van der Waals surface area contributed by atoms with Crippen LogP contribution in [0.2, 0.25) is 0 Å². The second kappa shape index (κ2) is 6.59. The molecule has 0 fully saturated rings. The lowest BCUT2D eigenvalue weighted by Gasteiger charge is -2.14. The molecule has 0 radical (unpaired) electrons. The molecule has 1 aromatic rings. The second-order valence-electron chi connectivity index (χ2n) is 3.30. The zero-order valence-corrected chi connectivity index (χ0v) is 9.14. The van der Waals surface area contributed by atoms with Crippen LogP contribution in [0.4, 0.5) is 0 Å². The first kappa shape index (κ1) is 12.2. The van der Waals surface area contributed by atoms with Crippen LogP contribution in [0, 0.1) is 11.3 Å². The number of carbonyl (C=O) groups is 1. The lowest BCUT2D eigenvalue weighted by atomic mass is 10.1. The van der Waals surface area contributed by atoms with Crippen LogP contribution in [0.3, 0.4) is 0 Å². The van der Waals surface area contributed by atoms with Gasteiger partial charge in [-0.1, -0.05) is 30.3 Å². The summed E-state index contributed by atoms with van der Waals surface area (Å²) in [4.78, 5) is 11.4. The van der Waals surface area contributed by atoms with E-state index in [9.17, 15) is 4.79 Å². The van der Waals surface area contributed by atoms with E-state index in [4.69, 9.17) is 5.26 Å². The maximum atomic E-state index is 11.4. The summed E-state index contributed by atoms with van der Waals surface area (Å²) in [6, 6.07) is 11.1. The normalized spacial score (nSPS) is 11.5. The van der Waals surface area contributed by atoms with Crippen LogP contribution in [-0.2, 0) is 16.0 Å². The van der Waals surface area contributed by atoms with Crippen molar-refractivity contribution in [3.63, 3.8) is 0 Å². The molecule has 1 unspecified atom stereocenters. The molecule has 1 aromatic carbocycles. The van der Waals surface area contributed by atoms with E-state index in [-0.39, 0.29) is 12.5 Å². The third kappa shape index (κ3) is 3.71. The van der Waals surface area contributed by atoms with Crippen molar-refractivity contribution in [1.29, 1.82) is 5.26 Å². The standard InChI is InChI=1S/C12H14N2O2/c1-16-12(15)11(14-8-7-13)9-10-5-3-2-4-6-10/h2-6,11,14H,8-9H2,1H3. The fourth-order valence-corrected chi connectivity index (χ4v) is 1.40. The summed E-state index contributed by atoms with van der Waals surface area (Å²) in [6.45, 7) is 0.132. The SMILES string of the molecule is COC(=O)C(Cc1ccccc1)NCC#N. The molecule has 0 aliphatic heterocycles. The number of hydrogen-bond acceptors (Lipinski definition) is 4. The van der Waals surface area contributed by atoms with Gasteiger partial charge in [0.1, 0.15) is 6.04 Å². The number of nitrogens with zero attached hydrogens (tertiary/aromatic N) is 1. The Balaban J connectivity index is 2.64. The fourth-order valence-electron chi connectivity index (χ4n) is 1.40. The Morgan fingerprint density at radius 1 is 1.50 bits per heavy atom. The summed E-state index contributed by atoms with van der Waals surface area (Å²) >= 11 is 0. The van der Waals surface area contributed by atoms with Crippen molar-refractivity contribution in [2.75, 3.05) is 13.7 Å². The highest BCUT2D eigenvalue weighted by Gasteiger charge is 2.18. The number of nitriles is 1. The van der Waals surface area contributed by atoms with Gasteiger partial charge in [0.05, 0.1) is 19.7 Å². The molecule has 0 aliphatic rings. The summed E-state index contributed by atoms with van der Waals surface area (Å²) < 4.78 is 4.67. The fraction of sp³-hybridized carbons (Fsp3) is 0.333. The van der Waals surface area contributed by atoms with Crippen molar-refractivity contribution < 1.29 is 9.53 Å². The van der Waals surface area contributed by atoms with Gasteiger partial charge in [-0.3, -0.25) is 10.1 Å². The molecule has 0 aliphatic carbocycles. The second-order valence-corrected chi connectivity index (χ2v) is 3.30. The van der Waals surface area contributed by atoms with E-state index < -0.39 is 6.04 Å². The highest BCUT2D eigenvalue weighted by Crippen LogP contribution is 2.04. The zero-order valence-electron chi connectivity index (χ0n) is 9.14. The van der Waals surface area contributed by atoms with Crippen molar-refractivity contribution in [2.24, 2.45) is 0 Å². The van der Waals surface area contributed by atoms with Gasteiger partial charge in [-0.25, -0.2) is 0 Å². The van der Waals surface area contributed by atoms with Gasteiger partial charge in [-0.2, -0.15) is 5.26 Å². The topological polar surface area (TPSA) is 62.1 Å². The summed E-state index contributed by atoms with van der Waals surface area (Å²) in [5.74, 6) is -0.348. The Morgan fingerprint density at radius 2 is 2.19 bits per heavy atom. The van der Waals surface area contributed by atoms with Gasteiger partial charge in [0, 0.05) is 0 Å². The third-order valence-electron chi connectivity index (χ3n) is 2.20. The average Bonchev–Trinajstić information content (AvgIpc) is 2.34. The molecule has 4 heteroatoms. The lowest BCUT2D eigenvalue weighted by molar-refractivity contribution is -0.143. The highest BCUT2D eigenvalue weighted by atomic mass is 16.5. The summed E-state index contributed by atoms with van der Waals surface area (Å²) in [5, 5.41) is 11.3. The molecule has 0 saturated carbocycles. The maximum absolute atomic E-state index is 11.4. The molecule has 4 nitrogen and oxygen atoms in total. The predicted octanol–water partition coefficient (Wildman–Crippen LogP) is 0.884. The quantitative estimate of drug-likeness (QED) is 0.588. The predicted molar refractivity (Wildman–Crippen MR) is 59.6 cm³/mol. The van der Waals surface area contributed by atoms with Crippen LogP contribution in [0.15, 0.2) is 30.3 Å².